The minimum atomic E-state index is -0.919. The Labute approximate surface area is 157 Å². The molecule has 0 bridgehead atoms. The van der Waals surface area contributed by atoms with Gasteiger partial charge >= 0.3 is 12.0 Å². The van der Waals surface area contributed by atoms with Gasteiger partial charge in [-0.2, -0.15) is 0 Å². The van der Waals surface area contributed by atoms with Crippen molar-refractivity contribution < 1.29 is 14.7 Å². The van der Waals surface area contributed by atoms with E-state index < -0.39 is 5.97 Å². The average Bonchev–Trinajstić information content (AvgIpc) is 2.68. The molecule has 1 aliphatic heterocycles. The number of hydrogen-bond donors (Lipinski definition) is 3. The van der Waals surface area contributed by atoms with Crippen molar-refractivity contribution in [3.63, 3.8) is 0 Å². The number of carboxylic acid groups (broad SMARTS) is 1. The molecule has 1 saturated heterocycles. The maximum absolute atomic E-state index is 12.5. The number of nitrogens with one attached hydrogen (secondary N) is 2. The Balaban J connectivity index is 1.60. The molecule has 3 N–H and O–H groups in total. The zero-order valence-electron chi connectivity index (χ0n) is 15.1. The minimum absolute atomic E-state index is 0.131. The van der Waals surface area contributed by atoms with E-state index in [1.807, 2.05) is 19.1 Å². The number of nitrogens with zero attached hydrogens (tertiary/aromatic N) is 1. The monoisotopic (exact) mass is 369 g/mol. The Morgan fingerprint density at radius 1 is 1.22 bits per heavy atom. The Bertz CT molecular complexity index is 885. The van der Waals surface area contributed by atoms with Crippen LogP contribution >= 0.6 is 0 Å². The van der Waals surface area contributed by atoms with Gasteiger partial charge in [0.1, 0.15) is 0 Å². The summed E-state index contributed by atoms with van der Waals surface area (Å²) < 4.78 is 0. The zero-order chi connectivity index (χ0) is 19.4. The molecule has 0 radical (unpaired) electrons. The lowest BCUT2D eigenvalue weighted by Crippen LogP contribution is -2.45. The molecular weight excluding hydrogens is 346 g/mol. The van der Waals surface area contributed by atoms with E-state index >= 15 is 0 Å². The number of carboxylic acids is 1. The van der Waals surface area contributed by atoms with Gasteiger partial charge in [-0.25, -0.2) is 9.59 Å². The summed E-state index contributed by atoms with van der Waals surface area (Å²) in [6.07, 6.45) is 3.00. The summed E-state index contributed by atoms with van der Waals surface area (Å²) in [5, 5.41) is 12.3. The van der Waals surface area contributed by atoms with Crippen LogP contribution in [0.5, 0.6) is 0 Å². The second kappa shape index (κ2) is 8.07. The van der Waals surface area contributed by atoms with Gasteiger partial charge in [-0.3, -0.25) is 4.79 Å². The third-order valence-electron chi connectivity index (χ3n) is 5.05. The van der Waals surface area contributed by atoms with Crippen molar-refractivity contribution in [2.24, 2.45) is 0 Å². The van der Waals surface area contributed by atoms with Crippen LogP contribution in [0, 0.1) is 0 Å². The quantitative estimate of drug-likeness (QED) is 0.771. The highest BCUT2D eigenvalue weighted by Crippen LogP contribution is 2.30. The molecule has 1 unspecified atom stereocenters. The number of urea groups is 1. The van der Waals surface area contributed by atoms with Crippen molar-refractivity contribution in [3.8, 4) is 0 Å². The lowest BCUT2D eigenvalue weighted by molar-refractivity contribution is 0.0694. The molecule has 0 saturated carbocycles. The van der Waals surface area contributed by atoms with Crippen LogP contribution in [0.1, 0.15) is 53.2 Å². The second-order valence-corrected chi connectivity index (χ2v) is 6.81. The molecule has 3 rings (SSSR count). The highest BCUT2D eigenvalue weighted by atomic mass is 16.4. The number of carbonyl (C=O) groups excluding carboxylic acids is 1. The number of H-pyrrole nitrogens is 1. The molecule has 1 aliphatic rings. The topological polar surface area (TPSA) is 102 Å². The Hall–Kier alpha value is -3.09. The van der Waals surface area contributed by atoms with Gasteiger partial charge < -0.3 is 20.3 Å². The fraction of sp³-hybridized carbons (Fsp3) is 0.350. The number of rotatable bonds is 4. The predicted molar refractivity (Wildman–Crippen MR) is 101 cm³/mol. The maximum atomic E-state index is 12.5. The van der Waals surface area contributed by atoms with Gasteiger partial charge in [0.2, 0.25) is 5.56 Å². The first-order valence-electron chi connectivity index (χ1n) is 9.02. The molecule has 1 aromatic carbocycles. The largest absolute Gasteiger partial charge is 0.478 e. The summed E-state index contributed by atoms with van der Waals surface area (Å²) >= 11 is 0. The number of aromatic amines is 1. The number of piperidine rings is 1. The highest BCUT2D eigenvalue weighted by Gasteiger charge is 2.27. The summed E-state index contributed by atoms with van der Waals surface area (Å²) in [6, 6.07) is 9.86. The minimum Gasteiger partial charge on any atom is -0.478 e. The van der Waals surface area contributed by atoms with E-state index in [1.165, 1.54) is 6.07 Å². The average molecular weight is 369 g/mol. The second-order valence-electron chi connectivity index (χ2n) is 6.81. The first-order chi connectivity index (χ1) is 13.0. The molecule has 27 heavy (non-hydrogen) atoms. The number of pyridine rings is 1. The fourth-order valence-electron chi connectivity index (χ4n) is 3.53. The summed E-state index contributed by atoms with van der Waals surface area (Å²) in [4.78, 5) is 39.6. The van der Waals surface area contributed by atoms with E-state index in [1.54, 1.807) is 29.3 Å². The van der Waals surface area contributed by atoms with E-state index in [2.05, 4.69) is 10.3 Å². The van der Waals surface area contributed by atoms with Gasteiger partial charge in [-0.05, 0) is 48.9 Å². The SMILES string of the molecule is CC(NC(=O)N1CCC(c2ccccc2C(=O)O)CC1)c1cc[nH]c(=O)c1. The van der Waals surface area contributed by atoms with Gasteiger partial charge in [0.25, 0.3) is 0 Å². The van der Waals surface area contributed by atoms with Crippen LogP contribution in [0.25, 0.3) is 0 Å². The third-order valence-corrected chi connectivity index (χ3v) is 5.05. The first kappa shape index (κ1) is 18.7. The molecule has 2 amide bonds. The summed E-state index contributed by atoms with van der Waals surface area (Å²) in [7, 11) is 0. The van der Waals surface area contributed by atoms with Crippen molar-refractivity contribution in [3.05, 3.63) is 69.6 Å². The van der Waals surface area contributed by atoms with Gasteiger partial charge in [-0.15, -0.1) is 0 Å². The van der Waals surface area contributed by atoms with E-state index in [0.29, 0.717) is 18.7 Å². The lowest BCUT2D eigenvalue weighted by atomic mass is 9.86. The van der Waals surface area contributed by atoms with Crippen LogP contribution in [-0.2, 0) is 0 Å². The molecule has 1 aromatic heterocycles. The molecule has 2 aromatic rings. The van der Waals surface area contributed by atoms with Crippen LogP contribution < -0.4 is 10.9 Å². The number of aromatic carboxylic acids is 1. The molecule has 7 nitrogen and oxygen atoms in total. The van der Waals surface area contributed by atoms with Crippen LogP contribution in [0.2, 0.25) is 0 Å². The van der Waals surface area contributed by atoms with Crippen LogP contribution in [0.4, 0.5) is 4.79 Å². The van der Waals surface area contributed by atoms with Crippen LogP contribution in [0.3, 0.4) is 0 Å². The Morgan fingerprint density at radius 2 is 1.93 bits per heavy atom. The van der Waals surface area contributed by atoms with Crippen LogP contribution in [-0.4, -0.2) is 40.1 Å². The van der Waals surface area contributed by atoms with Crippen molar-refractivity contribution in [1.29, 1.82) is 0 Å². The maximum Gasteiger partial charge on any atom is 0.335 e. The van der Waals surface area contributed by atoms with E-state index in [0.717, 1.165) is 24.0 Å². The molecule has 142 valence electrons. The third kappa shape index (κ3) is 4.36. The molecule has 0 aliphatic carbocycles. The normalized spacial score (nSPS) is 16.0. The van der Waals surface area contributed by atoms with Gasteiger partial charge in [0.15, 0.2) is 0 Å². The first-order valence-corrected chi connectivity index (χ1v) is 9.02. The highest BCUT2D eigenvalue weighted by molar-refractivity contribution is 5.89. The number of amides is 2. The predicted octanol–water partition coefficient (Wildman–Crippen LogP) is 2.72. The number of benzene rings is 1. The molecule has 1 fully saturated rings. The molecule has 2 heterocycles. The smallest absolute Gasteiger partial charge is 0.335 e. The van der Waals surface area contributed by atoms with Crippen molar-refractivity contribution >= 4 is 12.0 Å². The van der Waals surface area contributed by atoms with Gasteiger partial charge in [-0.1, -0.05) is 18.2 Å². The Morgan fingerprint density at radius 3 is 2.59 bits per heavy atom. The van der Waals surface area contributed by atoms with Crippen molar-refractivity contribution in [2.75, 3.05) is 13.1 Å². The summed E-state index contributed by atoms with van der Waals surface area (Å²) in [6.45, 7) is 2.96. The zero-order valence-corrected chi connectivity index (χ0v) is 15.1. The fourth-order valence-corrected chi connectivity index (χ4v) is 3.53. The number of carbonyl (C=O) groups is 2. The Kier molecular flexibility index (Phi) is 5.59. The van der Waals surface area contributed by atoms with Gasteiger partial charge in [0.05, 0.1) is 11.6 Å². The molecule has 7 heteroatoms. The van der Waals surface area contributed by atoms with Crippen molar-refractivity contribution in [2.45, 2.75) is 31.7 Å². The van der Waals surface area contributed by atoms with E-state index in [9.17, 15) is 19.5 Å². The van der Waals surface area contributed by atoms with Crippen molar-refractivity contribution in [1.82, 2.24) is 15.2 Å². The standard InChI is InChI=1S/C20H23N3O4/c1-13(15-6-9-21-18(24)12-15)22-20(27)23-10-7-14(8-11-23)16-4-2-3-5-17(16)19(25)26/h2-6,9,12-14H,7-8,10-11H2,1H3,(H,21,24)(H,22,27)(H,25,26). The number of likely N-dealkylation sites (tertiary alicyclic amines) is 1. The van der Waals surface area contributed by atoms with Gasteiger partial charge in [0, 0.05) is 25.4 Å². The lowest BCUT2D eigenvalue weighted by Gasteiger charge is -2.33. The molecule has 1 atom stereocenters. The van der Waals surface area contributed by atoms with Crippen LogP contribution in [0.15, 0.2) is 47.4 Å². The summed E-state index contributed by atoms with van der Waals surface area (Å²) in [5.74, 6) is -0.788. The van der Waals surface area contributed by atoms with E-state index in [4.69, 9.17) is 0 Å². The number of hydrogen-bond acceptors (Lipinski definition) is 3. The number of aromatic nitrogens is 1. The summed E-state index contributed by atoms with van der Waals surface area (Å²) in [5.41, 5.74) is 1.72. The van der Waals surface area contributed by atoms with E-state index in [-0.39, 0.29) is 23.6 Å². The molecular formula is C20H23N3O4. The molecule has 0 spiro atoms.